The van der Waals surface area contributed by atoms with Crippen LogP contribution in [0, 0.1) is 0 Å². The number of amides is 1. The first-order valence-electron chi connectivity index (χ1n) is 10.6. The summed E-state index contributed by atoms with van der Waals surface area (Å²) >= 11 is 0. The number of likely N-dealkylation sites (tertiary alicyclic amines) is 1. The summed E-state index contributed by atoms with van der Waals surface area (Å²) < 4.78 is 59.7. The fourth-order valence-electron chi connectivity index (χ4n) is 3.73. The lowest BCUT2D eigenvalue weighted by atomic mass is 10.1. The number of aliphatic hydroxyl groups is 1. The third kappa shape index (κ3) is 5.21. The number of nitrogens with two attached hydrogens (primary N) is 1. The van der Waals surface area contributed by atoms with Crippen LogP contribution in [0.1, 0.15) is 12.6 Å². The van der Waals surface area contributed by atoms with Crippen molar-refractivity contribution in [2.24, 2.45) is 0 Å². The molecule has 5 atom stereocenters. The molecule has 35 heavy (non-hydrogen) atoms. The number of rotatable bonds is 8. The highest BCUT2D eigenvalue weighted by Crippen LogP contribution is 2.48. The van der Waals surface area contributed by atoms with Crippen molar-refractivity contribution < 1.29 is 37.0 Å². The fourth-order valence-corrected chi connectivity index (χ4v) is 5.27. The summed E-state index contributed by atoms with van der Waals surface area (Å²) in [7, 11) is -2.74. The van der Waals surface area contributed by atoms with E-state index in [0.29, 0.717) is 17.5 Å². The molecular weight excluding hydrogens is 491 g/mol. The van der Waals surface area contributed by atoms with Crippen LogP contribution in [0.2, 0.25) is 0 Å². The van der Waals surface area contributed by atoms with Crippen molar-refractivity contribution in [3.8, 4) is 5.75 Å². The second kappa shape index (κ2) is 9.63. The molecule has 0 spiro atoms. The molecule has 2 aliphatic rings. The molecule has 0 aliphatic carbocycles. The molecule has 4 N–H and O–H groups in total. The normalized spacial score (nSPS) is 27.7. The minimum atomic E-state index is -4.31. The number of nitrogen functional groups attached to an aromatic ring is 1. The molecule has 2 aromatic rings. The van der Waals surface area contributed by atoms with E-state index in [2.05, 4.69) is 10.1 Å². The number of halogens is 2. The molecule has 0 radical (unpaired) electrons. The third-order valence-corrected chi connectivity index (χ3v) is 7.17. The molecule has 0 saturated carbocycles. The monoisotopic (exact) mass is 515 g/mol. The van der Waals surface area contributed by atoms with Crippen LogP contribution in [0.15, 0.2) is 47.4 Å². The number of anilines is 1. The van der Waals surface area contributed by atoms with Gasteiger partial charge in [-0.2, -0.15) is 18.9 Å². The molecule has 2 saturated heterocycles. The Morgan fingerprint density at radius 2 is 2.03 bits per heavy atom. The number of hydrogen-bond acceptors (Lipinski definition) is 9. The van der Waals surface area contributed by atoms with Crippen LogP contribution >= 0.6 is 7.75 Å². The molecule has 12 nitrogen and oxygen atoms in total. The van der Waals surface area contributed by atoms with Crippen LogP contribution in [-0.2, 0) is 18.6 Å². The summed E-state index contributed by atoms with van der Waals surface area (Å²) in [5.41, 5.74) is 4.29. The molecule has 0 bridgehead atoms. The van der Waals surface area contributed by atoms with E-state index in [9.17, 15) is 28.0 Å². The molecule has 15 heteroatoms. The van der Waals surface area contributed by atoms with Crippen molar-refractivity contribution in [3.63, 3.8) is 0 Å². The third-order valence-electron chi connectivity index (χ3n) is 5.60. The Kier molecular flexibility index (Phi) is 6.93. The average Bonchev–Trinajstić information content (AvgIpc) is 3.23. The maximum absolute atomic E-state index is 14.8. The molecule has 1 aromatic carbocycles. The highest BCUT2D eigenvalue weighted by molar-refractivity contribution is 7.52. The average molecular weight is 515 g/mol. The Morgan fingerprint density at radius 3 is 2.66 bits per heavy atom. The highest BCUT2D eigenvalue weighted by Gasteiger charge is 2.60. The number of alkyl halides is 2. The number of nitrogens with one attached hydrogen (secondary N) is 1. The number of aliphatic hydroxyl groups excluding tert-OH is 1. The van der Waals surface area contributed by atoms with Crippen molar-refractivity contribution in [1.82, 2.24) is 19.5 Å². The molecule has 2 fully saturated rings. The van der Waals surface area contributed by atoms with Crippen LogP contribution < -0.4 is 21.0 Å². The van der Waals surface area contributed by atoms with Gasteiger partial charge < -0.3 is 25.0 Å². The standard InChI is InChI=1S/C20H24F2N5O7P/c1-26-9-7-13(17(26)29)25-35(31,34-12-5-3-2-4-6-12)32-11-14-16(28)20(21,22)18(33-14)27-10-8-15(23)24-19(27)30/h2-6,8,10,13-14,16,18,28H,7,9,11H2,1H3,(H,25,31)(H2,23,24,30)/t13?,14-,16-,18-,35+/m1/s1. The molecule has 190 valence electrons. The number of hydrogen-bond donors (Lipinski definition) is 3. The minimum Gasteiger partial charge on any atom is -0.413 e. The maximum Gasteiger partial charge on any atom is 0.459 e. The van der Waals surface area contributed by atoms with E-state index in [1.807, 2.05) is 0 Å². The number of para-hydroxylation sites is 1. The first-order chi connectivity index (χ1) is 16.5. The topological polar surface area (TPSA) is 158 Å². The number of aromatic nitrogens is 2. The summed E-state index contributed by atoms with van der Waals surface area (Å²) in [6, 6.07) is 8.14. The first-order valence-corrected chi connectivity index (χ1v) is 12.1. The van der Waals surface area contributed by atoms with E-state index in [4.69, 9.17) is 19.5 Å². The Bertz CT molecular complexity index is 1180. The molecule has 1 amide bonds. The largest absolute Gasteiger partial charge is 0.459 e. The number of carbonyl (C=O) groups is 1. The molecule has 4 rings (SSSR count). The fraction of sp³-hybridized carbons (Fsp3) is 0.450. The Labute approximate surface area is 198 Å². The second-order valence-electron chi connectivity index (χ2n) is 8.12. The number of nitrogens with zero attached hydrogens (tertiary/aromatic N) is 3. The summed E-state index contributed by atoms with van der Waals surface area (Å²) in [4.78, 5) is 29.2. The highest BCUT2D eigenvalue weighted by atomic mass is 31.2. The predicted octanol–water partition coefficient (Wildman–Crippen LogP) is 0.743. The minimum absolute atomic E-state index is 0.137. The van der Waals surface area contributed by atoms with E-state index in [0.717, 1.165) is 12.3 Å². The second-order valence-corrected chi connectivity index (χ2v) is 9.81. The molecular formula is C20H24F2N5O7P. The van der Waals surface area contributed by atoms with Crippen molar-refractivity contribution in [2.45, 2.75) is 36.8 Å². The van der Waals surface area contributed by atoms with Crippen molar-refractivity contribution >= 4 is 19.5 Å². The van der Waals surface area contributed by atoms with Crippen LogP contribution in [0.5, 0.6) is 5.75 Å². The van der Waals surface area contributed by atoms with Crippen molar-refractivity contribution in [1.29, 1.82) is 0 Å². The SMILES string of the molecule is CN1CCC(N[P@](=O)(OC[C@H]2O[C@@H](n3ccc(N)nc3=O)C(F)(F)[C@@H]2O)Oc2ccccc2)C1=O. The first kappa shape index (κ1) is 25.2. The molecule has 2 aliphatic heterocycles. The van der Waals surface area contributed by atoms with Gasteiger partial charge in [0.1, 0.15) is 17.7 Å². The zero-order chi connectivity index (χ0) is 25.4. The van der Waals surface area contributed by atoms with Gasteiger partial charge in [0.05, 0.1) is 12.6 Å². The maximum atomic E-state index is 14.8. The van der Waals surface area contributed by atoms with E-state index in [1.165, 1.54) is 17.0 Å². The van der Waals surface area contributed by atoms with Gasteiger partial charge in [0.25, 0.3) is 0 Å². The van der Waals surface area contributed by atoms with Gasteiger partial charge in [-0.3, -0.25) is 13.9 Å². The van der Waals surface area contributed by atoms with Crippen LogP contribution in [-0.4, -0.2) is 69.8 Å². The number of ether oxygens (including phenoxy) is 1. The van der Waals surface area contributed by atoms with Gasteiger partial charge in [-0.05, 0) is 24.6 Å². The van der Waals surface area contributed by atoms with Crippen molar-refractivity contribution in [3.05, 3.63) is 53.1 Å². The van der Waals surface area contributed by atoms with Gasteiger partial charge in [0, 0.05) is 19.8 Å². The van der Waals surface area contributed by atoms with Gasteiger partial charge in [-0.25, -0.2) is 9.36 Å². The lowest BCUT2D eigenvalue weighted by molar-refractivity contribution is -0.140. The zero-order valence-electron chi connectivity index (χ0n) is 18.5. The zero-order valence-corrected chi connectivity index (χ0v) is 19.4. The molecule has 1 unspecified atom stereocenters. The van der Waals surface area contributed by atoms with Gasteiger partial charge in [-0.15, -0.1) is 0 Å². The van der Waals surface area contributed by atoms with Gasteiger partial charge in [0.2, 0.25) is 12.1 Å². The Morgan fingerprint density at radius 1 is 1.31 bits per heavy atom. The van der Waals surface area contributed by atoms with E-state index in [1.54, 1.807) is 25.2 Å². The molecule has 3 heterocycles. The van der Waals surface area contributed by atoms with Gasteiger partial charge in [0.15, 0.2) is 6.10 Å². The van der Waals surface area contributed by atoms with Crippen molar-refractivity contribution in [2.75, 3.05) is 25.9 Å². The summed E-state index contributed by atoms with van der Waals surface area (Å²) in [5.74, 6) is -4.30. The van der Waals surface area contributed by atoms with Gasteiger partial charge >= 0.3 is 19.4 Å². The van der Waals surface area contributed by atoms with Gasteiger partial charge in [-0.1, -0.05) is 18.2 Å². The summed E-state index contributed by atoms with van der Waals surface area (Å²) in [5, 5.41) is 12.8. The number of carbonyl (C=O) groups excluding carboxylic acids is 1. The Hall–Kier alpha value is -2.90. The lowest BCUT2D eigenvalue weighted by Gasteiger charge is -2.24. The summed E-state index contributed by atoms with van der Waals surface area (Å²) in [6.07, 6.45) is -5.04. The lowest BCUT2D eigenvalue weighted by Crippen LogP contribution is -2.42. The van der Waals surface area contributed by atoms with E-state index >= 15 is 0 Å². The van der Waals surface area contributed by atoms with Crippen LogP contribution in [0.4, 0.5) is 14.6 Å². The number of likely N-dealkylation sites (N-methyl/N-ethyl adjacent to an activating group) is 1. The Balaban J connectivity index is 1.53. The molecule has 1 aromatic heterocycles. The van der Waals surface area contributed by atoms with E-state index < -0.39 is 50.4 Å². The smallest absolute Gasteiger partial charge is 0.413 e. The predicted molar refractivity (Wildman–Crippen MR) is 118 cm³/mol. The van der Waals surface area contributed by atoms with Crippen LogP contribution in [0.3, 0.4) is 0 Å². The van der Waals surface area contributed by atoms with Crippen LogP contribution in [0.25, 0.3) is 0 Å². The summed E-state index contributed by atoms with van der Waals surface area (Å²) in [6.45, 7) is -0.400. The number of benzene rings is 1. The quantitative estimate of drug-likeness (QED) is 0.428. The van der Waals surface area contributed by atoms with E-state index in [-0.39, 0.29) is 17.5 Å².